The van der Waals surface area contributed by atoms with Crippen LogP contribution in [0.3, 0.4) is 0 Å². The lowest BCUT2D eigenvalue weighted by molar-refractivity contribution is -0.135. The lowest BCUT2D eigenvalue weighted by Crippen LogP contribution is -2.19. The van der Waals surface area contributed by atoms with Crippen LogP contribution < -0.4 is 5.32 Å². The summed E-state index contributed by atoms with van der Waals surface area (Å²) in [4.78, 5) is 0. The maximum absolute atomic E-state index is 11.6. The largest absolute Gasteiger partial charge is 0.389 e. The molecule has 0 fully saturated rings. The van der Waals surface area contributed by atoms with Crippen LogP contribution >= 0.6 is 11.6 Å². The summed E-state index contributed by atoms with van der Waals surface area (Å²) in [6, 6.07) is 0. The summed E-state index contributed by atoms with van der Waals surface area (Å²) in [6.45, 7) is 2.71. The quantitative estimate of drug-likeness (QED) is 0.695. The third kappa shape index (κ3) is 9.70. The highest BCUT2D eigenvalue weighted by Crippen LogP contribution is 2.20. The topological polar surface area (TPSA) is 12.0 Å². The Hall–Kier alpha value is -0.220. The zero-order valence-electron chi connectivity index (χ0n) is 7.42. The first-order chi connectivity index (χ1) is 5.95. The second-order valence-corrected chi connectivity index (χ2v) is 3.07. The minimum absolute atomic E-state index is 0.110. The first-order valence-corrected chi connectivity index (χ1v) is 4.42. The summed E-state index contributed by atoms with van der Waals surface area (Å²) in [5, 5.41) is 2.86. The minimum Gasteiger partial charge on any atom is -0.313 e. The fourth-order valence-electron chi connectivity index (χ4n) is 0.738. The fourth-order valence-corrected chi connectivity index (χ4v) is 0.815. The molecule has 0 rings (SSSR count). The molecule has 0 aliphatic rings. The monoisotopic (exact) mass is 215 g/mol. The van der Waals surface area contributed by atoms with Crippen molar-refractivity contribution in [1.29, 1.82) is 0 Å². The van der Waals surface area contributed by atoms with E-state index in [4.69, 9.17) is 11.6 Å². The van der Waals surface area contributed by atoms with Crippen molar-refractivity contribution in [1.82, 2.24) is 5.32 Å². The van der Waals surface area contributed by atoms with Gasteiger partial charge in [-0.1, -0.05) is 11.6 Å². The van der Waals surface area contributed by atoms with Gasteiger partial charge in [0.2, 0.25) is 0 Å². The molecule has 0 heterocycles. The van der Waals surface area contributed by atoms with Crippen LogP contribution in [0.15, 0.2) is 11.1 Å². The summed E-state index contributed by atoms with van der Waals surface area (Å²) in [5.74, 6) is 0. The zero-order chi connectivity index (χ0) is 10.3. The van der Waals surface area contributed by atoms with Crippen molar-refractivity contribution < 1.29 is 13.2 Å². The number of halogens is 4. The Kier molecular flexibility index (Phi) is 6.16. The van der Waals surface area contributed by atoms with Gasteiger partial charge in [0.15, 0.2) is 0 Å². The molecule has 0 aromatic rings. The SMILES string of the molecule is CC(=CCl)CNCCCC(F)(F)F. The van der Waals surface area contributed by atoms with Gasteiger partial charge in [0.25, 0.3) is 0 Å². The summed E-state index contributed by atoms with van der Waals surface area (Å²) in [6.07, 6.45) is -4.66. The molecular weight excluding hydrogens is 203 g/mol. The number of nitrogens with one attached hydrogen (secondary N) is 1. The van der Waals surface area contributed by atoms with E-state index in [0.29, 0.717) is 13.1 Å². The van der Waals surface area contributed by atoms with Crippen LogP contribution in [0.4, 0.5) is 13.2 Å². The molecule has 0 saturated heterocycles. The molecule has 13 heavy (non-hydrogen) atoms. The van der Waals surface area contributed by atoms with Crippen LogP contribution in [0, 0.1) is 0 Å². The predicted octanol–water partition coefficient (Wildman–Crippen LogP) is 3.06. The van der Waals surface area contributed by atoms with Gasteiger partial charge >= 0.3 is 6.18 Å². The number of hydrogen-bond acceptors (Lipinski definition) is 1. The molecule has 0 radical (unpaired) electrons. The number of hydrogen-bond donors (Lipinski definition) is 1. The Morgan fingerprint density at radius 2 is 2.08 bits per heavy atom. The van der Waals surface area contributed by atoms with Crippen LogP contribution in [0.1, 0.15) is 19.8 Å². The second-order valence-electron chi connectivity index (χ2n) is 2.85. The van der Waals surface area contributed by atoms with Crippen LogP contribution in [0.25, 0.3) is 0 Å². The second kappa shape index (κ2) is 6.27. The van der Waals surface area contributed by atoms with Gasteiger partial charge in [0.05, 0.1) is 0 Å². The first-order valence-electron chi connectivity index (χ1n) is 3.99. The Morgan fingerprint density at radius 3 is 2.54 bits per heavy atom. The molecule has 0 unspecified atom stereocenters. The average molecular weight is 216 g/mol. The summed E-state index contributed by atoms with van der Waals surface area (Å²) < 4.78 is 34.9. The Labute approximate surface area is 81.0 Å². The smallest absolute Gasteiger partial charge is 0.313 e. The highest BCUT2D eigenvalue weighted by atomic mass is 35.5. The fraction of sp³-hybridized carbons (Fsp3) is 0.750. The minimum atomic E-state index is -4.04. The van der Waals surface area contributed by atoms with Crippen molar-refractivity contribution in [2.24, 2.45) is 0 Å². The maximum Gasteiger partial charge on any atom is 0.389 e. The number of alkyl halides is 3. The highest BCUT2D eigenvalue weighted by Gasteiger charge is 2.25. The van der Waals surface area contributed by atoms with E-state index >= 15 is 0 Å². The molecule has 78 valence electrons. The molecule has 1 nitrogen and oxygen atoms in total. The third-order valence-electron chi connectivity index (χ3n) is 1.40. The van der Waals surface area contributed by atoms with Gasteiger partial charge < -0.3 is 5.32 Å². The van der Waals surface area contributed by atoms with Crippen molar-refractivity contribution in [3.63, 3.8) is 0 Å². The Balaban J connectivity index is 3.28. The molecule has 0 atom stereocenters. The lowest BCUT2D eigenvalue weighted by Gasteiger charge is -2.06. The molecule has 0 aromatic carbocycles. The molecule has 0 aromatic heterocycles. The van der Waals surface area contributed by atoms with Gasteiger partial charge in [-0.3, -0.25) is 0 Å². The van der Waals surface area contributed by atoms with Crippen molar-refractivity contribution in [3.05, 3.63) is 11.1 Å². The normalized spacial score (nSPS) is 13.5. The van der Waals surface area contributed by atoms with Crippen molar-refractivity contribution in [3.8, 4) is 0 Å². The molecular formula is C8H13ClF3N. The van der Waals surface area contributed by atoms with Gasteiger partial charge in [-0.2, -0.15) is 13.2 Å². The van der Waals surface area contributed by atoms with E-state index in [2.05, 4.69) is 5.32 Å². The molecule has 5 heteroatoms. The molecule has 0 bridgehead atoms. The Bertz CT molecular complexity index is 165. The maximum atomic E-state index is 11.6. The molecule has 0 amide bonds. The van der Waals surface area contributed by atoms with Gasteiger partial charge in [0.1, 0.15) is 0 Å². The molecule has 0 spiro atoms. The van der Waals surface area contributed by atoms with Gasteiger partial charge in [0, 0.05) is 18.5 Å². The first kappa shape index (κ1) is 12.8. The van der Waals surface area contributed by atoms with Crippen LogP contribution in [0.2, 0.25) is 0 Å². The van der Waals surface area contributed by atoms with Crippen LogP contribution in [-0.4, -0.2) is 19.3 Å². The highest BCUT2D eigenvalue weighted by molar-refractivity contribution is 6.25. The van der Waals surface area contributed by atoms with E-state index in [9.17, 15) is 13.2 Å². The Morgan fingerprint density at radius 1 is 1.46 bits per heavy atom. The van der Waals surface area contributed by atoms with E-state index in [0.717, 1.165) is 5.57 Å². The summed E-state index contributed by atoms with van der Waals surface area (Å²) >= 11 is 5.36. The van der Waals surface area contributed by atoms with Gasteiger partial charge in [-0.15, -0.1) is 0 Å². The molecule has 1 N–H and O–H groups in total. The van der Waals surface area contributed by atoms with Gasteiger partial charge in [-0.25, -0.2) is 0 Å². The molecule has 0 aliphatic heterocycles. The predicted molar refractivity (Wildman–Crippen MR) is 47.8 cm³/mol. The zero-order valence-corrected chi connectivity index (χ0v) is 8.17. The van der Waals surface area contributed by atoms with Crippen molar-refractivity contribution in [2.75, 3.05) is 13.1 Å². The van der Waals surface area contributed by atoms with Crippen LogP contribution in [0.5, 0.6) is 0 Å². The van der Waals surface area contributed by atoms with E-state index in [1.54, 1.807) is 0 Å². The van der Waals surface area contributed by atoms with E-state index in [-0.39, 0.29) is 6.42 Å². The summed E-state index contributed by atoms with van der Waals surface area (Å²) in [7, 11) is 0. The average Bonchev–Trinajstić information content (AvgIpc) is 2.01. The molecule has 0 saturated carbocycles. The summed E-state index contributed by atoms with van der Waals surface area (Å²) in [5.41, 5.74) is 2.32. The van der Waals surface area contributed by atoms with E-state index in [1.165, 1.54) is 5.54 Å². The van der Waals surface area contributed by atoms with Crippen molar-refractivity contribution in [2.45, 2.75) is 25.9 Å². The van der Waals surface area contributed by atoms with E-state index < -0.39 is 12.6 Å². The standard InChI is InChI=1S/C8H13ClF3N/c1-7(5-9)6-13-4-2-3-8(10,11)12/h5,13H,2-4,6H2,1H3. The molecule has 0 aliphatic carbocycles. The third-order valence-corrected chi connectivity index (χ3v) is 1.78. The van der Waals surface area contributed by atoms with Gasteiger partial charge in [-0.05, 0) is 25.5 Å². The van der Waals surface area contributed by atoms with Crippen molar-refractivity contribution >= 4 is 11.6 Å². The number of rotatable bonds is 5. The van der Waals surface area contributed by atoms with Crippen LogP contribution in [-0.2, 0) is 0 Å². The lowest BCUT2D eigenvalue weighted by atomic mass is 10.3. The van der Waals surface area contributed by atoms with E-state index in [1.807, 2.05) is 6.92 Å².